The fourth-order valence-electron chi connectivity index (χ4n) is 2.57. The first kappa shape index (κ1) is 18.0. The minimum absolute atomic E-state index is 0.0530. The second kappa shape index (κ2) is 9.70. The van der Waals surface area contributed by atoms with Gasteiger partial charge in [0, 0.05) is 13.2 Å². The molecule has 5 nitrogen and oxygen atoms in total. The Kier molecular flexibility index (Phi) is 7.26. The molecule has 24 heavy (non-hydrogen) atoms. The van der Waals surface area contributed by atoms with Gasteiger partial charge in [-0.15, -0.1) is 0 Å². The molecule has 0 aliphatic rings. The summed E-state index contributed by atoms with van der Waals surface area (Å²) in [6.07, 6.45) is 1.29. The molecule has 0 spiro atoms. The van der Waals surface area contributed by atoms with E-state index in [1.54, 1.807) is 0 Å². The predicted octanol–water partition coefficient (Wildman–Crippen LogP) is 2.49. The number of urea groups is 1. The zero-order valence-corrected chi connectivity index (χ0v) is 13.6. The molecule has 2 amide bonds. The summed E-state index contributed by atoms with van der Waals surface area (Å²) in [6, 6.07) is 16.7. The first-order valence-corrected chi connectivity index (χ1v) is 8.12. The van der Waals surface area contributed by atoms with Crippen molar-refractivity contribution >= 4 is 6.03 Å². The third-order valence-electron chi connectivity index (χ3n) is 3.89. The summed E-state index contributed by atoms with van der Waals surface area (Å²) in [6.45, 7) is 0.392. The van der Waals surface area contributed by atoms with E-state index in [1.165, 1.54) is 0 Å². The van der Waals surface area contributed by atoms with Crippen molar-refractivity contribution in [2.24, 2.45) is 0 Å². The van der Waals surface area contributed by atoms with Crippen molar-refractivity contribution in [1.82, 2.24) is 10.6 Å². The van der Waals surface area contributed by atoms with Crippen LogP contribution in [0, 0.1) is 0 Å². The van der Waals surface area contributed by atoms with Crippen molar-refractivity contribution < 1.29 is 15.0 Å². The molecule has 0 fully saturated rings. The smallest absolute Gasteiger partial charge is 0.315 e. The Balaban J connectivity index is 1.95. The minimum atomic E-state index is -0.269. The highest BCUT2D eigenvalue weighted by Gasteiger charge is 2.14. The number of carbonyl (C=O) groups is 1. The van der Waals surface area contributed by atoms with E-state index in [-0.39, 0.29) is 25.3 Å². The summed E-state index contributed by atoms with van der Waals surface area (Å²) in [5, 5.41) is 24.2. The third-order valence-corrected chi connectivity index (χ3v) is 3.89. The van der Waals surface area contributed by atoms with Crippen LogP contribution in [-0.4, -0.2) is 22.9 Å². The number of benzene rings is 2. The van der Waals surface area contributed by atoms with Gasteiger partial charge in [0.1, 0.15) is 0 Å². The molecule has 5 heteroatoms. The van der Waals surface area contributed by atoms with E-state index in [9.17, 15) is 9.90 Å². The van der Waals surface area contributed by atoms with Crippen molar-refractivity contribution in [3.8, 4) is 0 Å². The number of aliphatic hydroxyl groups excluding tert-OH is 2. The van der Waals surface area contributed by atoms with Crippen molar-refractivity contribution in [1.29, 1.82) is 0 Å². The van der Waals surface area contributed by atoms with Gasteiger partial charge >= 0.3 is 6.03 Å². The van der Waals surface area contributed by atoms with Gasteiger partial charge in [0.25, 0.3) is 0 Å². The Labute approximate surface area is 142 Å². The van der Waals surface area contributed by atoms with Crippen molar-refractivity contribution in [3.05, 3.63) is 71.3 Å². The molecule has 0 aliphatic heterocycles. The Morgan fingerprint density at radius 1 is 0.958 bits per heavy atom. The number of carbonyl (C=O) groups excluding carboxylic acids is 1. The van der Waals surface area contributed by atoms with E-state index in [2.05, 4.69) is 10.6 Å². The molecule has 0 saturated carbocycles. The topological polar surface area (TPSA) is 81.6 Å². The van der Waals surface area contributed by atoms with Crippen molar-refractivity contribution in [2.45, 2.75) is 32.0 Å². The summed E-state index contributed by atoms with van der Waals surface area (Å²) in [4.78, 5) is 12.2. The molecule has 0 aliphatic carbocycles. The lowest BCUT2D eigenvalue weighted by molar-refractivity contribution is 0.232. The summed E-state index contributed by atoms with van der Waals surface area (Å²) < 4.78 is 0. The molecule has 128 valence electrons. The molecule has 1 atom stereocenters. The first-order valence-electron chi connectivity index (χ1n) is 8.12. The molecule has 0 heterocycles. The van der Waals surface area contributed by atoms with Gasteiger partial charge in [-0.2, -0.15) is 0 Å². The molecular weight excluding hydrogens is 304 g/mol. The molecule has 2 aromatic carbocycles. The van der Waals surface area contributed by atoms with Crippen LogP contribution >= 0.6 is 0 Å². The maximum Gasteiger partial charge on any atom is 0.315 e. The lowest BCUT2D eigenvalue weighted by Crippen LogP contribution is -2.37. The van der Waals surface area contributed by atoms with Gasteiger partial charge in [-0.3, -0.25) is 0 Å². The zero-order valence-electron chi connectivity index (χ0n) is 13.6. The van der Waals surface area contributed by atoms with Gasteiger partial charge in [-0.25, -0.2) is 4.79 Å². The van der Waals surface area contributed by atoms with E-state index in [1.807, 2.05) is 54.6 Å². The molecule has 0 radical (unpaired) electrons. The van der Waals surface area contributed by atoms with Gasteiger partial charge in [0.05, 0.1) is 12.6 Å². The highest BCUT2D eigenvalue weighted by molar-refractivity contribution is 5.74. The molecule has 2 aromatic rings. The third kappa shape index (κ3) is 5.37. The average Bonchev–Trinajstić information content (AvgIpc) is 2.64. The Morgan fingerprint density at radius 2 is 1.62 bits per heavy atom. The normalized spacial score (nSPS) is 11.8. The maximum atomic E-state index is 12.2. The van der Waals surface area contributed by atoms with Crippen LogP contribution in [0.4, 0.5) is 4.79 Å². The van der Waals surface area contributed by atoms with Gasteiger partial charge in [0.15, 0.2) is 0 Å². The molecule has 2 rings (SSSR count). The van der Waals surface area contributed by atoms with Gasteiger partial charge in [-0.1, -0.05) is 54.6 Å². The fourth-order valence-corrected chi connectivity index (χ4v) is 2.57. The Morgan fingerprint density at radius 3 is 2.29 bits per heavy atom. The van der Waals surface area contributed by atoms with E-state index >= 15 is 0 Å². The van der Waals surface area contributed by atoms with E-state index < -0.39 is 0 Å². The second-order valence-electron chi connectivity index (χ2n) is 5.58. The summed E-state index contributed by atoms with van der Waals surface area (Å²) in [5.74, 6) is 0. The number of hydrogen-bond acceptors (Lipinski definition) is 3. The zero-order chi connectivity index (χ0) is 17.2. The summed E-state index contributed by atoms with van der Waals surface area (Å²) in [5.41, 5.74) is 2.70. The van der Waals surface area contributed by atoms with Crippen molar-refractivity contribution in [3.63, 3.8) is 0 Å². The summed E-state index contributed by atoms with van der Waals surface area (Å²) >= 11 is 0. The van der Waals surface area contributed by atoms with Gasteiger partial charge in [0.2, 0.25) is 0 Å². The number of amides is 2. The highest BCUT2D eigenvalue weighted by Crippen LogP contribution is 2.18. The lowest BCUT2D eigenvalue weighted by Gasteiger charge is -2.19. The largest absolute Gasteiger partial charge is 0.396 e. The average molecular weight is 328 g/mol. The van der Waals surface area contributed by atoms with Gasteiger partial charge in [-0.05, 0) is 29.5 Å². The maximum absolute atomic E-state index is 12.2. The predicted molar refractivity (Wildman–Crippen MR) is 93.2 cm³/mol. The molecule has 0 bridgehead atoms. The van der Waals surface area contributed by atoms with Crippen LogP contribution in [0.5, 0.6) is 0 Å². The molecule has 1 unspecified atom stereocenters. The van der Waals surface area contributed by atoms with E-state index in [4.69, 9.17) is 5.11 Å². The van der Waals surface area contributed by atoms with Crippen LogP contribution in [-0.2, 0) is 13.2 Å². The van der Waals surface area contributed by atoms with Crippen LogP contribution in [0.15, 0.2) is 54.6 Å². The fraction of sp³-hybridized carbons (Fsp3) is 0.316. The van der Waals surface area contributed by atoms with Crippen LogP contribution in [0.25, 0.3) is 0 Å². The minimum Gasteiger partial charge on any atom is -0.396 e. The first-order chi connectivity index (χ1) is 11.7. The standard InChI is InChI=1S/C19H24N2O3/c22-12-6-11-18(15-7-2-1-3-8-15)21-19(24)20-13-16-9-4-5-10-17(16)14-23/h1-5,7-10,18,22-23H,6,11-14H2,(H2,20,21,24). The molecule has 4 N–H and O–H groups in total. The SMILES string of the molecule is O=C(NCc1ccccc1CO)NC(CCCO)c1ccccc1. The number of nitrogens with one attached hydrogen (secondary N) is 2. The summed E-state index contributed by atoms with van der Waals surface area (Å²) in [7, 11) is 0. The molecule has 0 aromatic heterocycles. The van der Waals surface area contributed by atoms with Crippen LogP contribution in [0.2, 0.25) is 0 Å². The van der Waals surface area contributed by atoms with E-state index in [0.29, 0.717) is 19.4 Å². The Hall–Kier alpha value is -2.37. The number of aliphatic hydroxyl groups is 2. The second-order valence-corrected chi connectivity index (χ2v) is 5.58. The van der Waals surface area contributed by atoms with Crippen LogP contribution < -0.4 is 10.6 Å². The number of hydrogen-bond donors (Lipinski definition) is 4. The monoisotopic (exact) mass is 328 g/mol. The Bertz CT molecular complexity index is 632. The van der Waals surface area contributed by atoms with Crippen LogP contribution in [0.3, 0.4) is 0 Å². The molecular formula is C19H24N2O3. The van der Waals surface area contributed by atoms with E-state index in [0.717, 1.165) is 16.7 Å². The van der Waals surface area contributed by atoms with Gasteiger partial charge < -0.3 is 20.8 Å². The molecule has 0 saturated heterocycles. The quantitative estimate of drug-likeness (QED) is 0.601. The lowest BCUT2D eigenvalue weighted by atomic mass is 10.0. The highest BCUT2D eigenvalue weighted by atomic mass is 16.3. The van der Waals surface area contributed by atoms with Crippen molar-refractivity contribution in [2.75, 3.05) is 6.61 Å². The van der Waals surface area contributed by atoms with Crippen LogP contribution in [0.1, 0.15) is 35.6 Å². The number of rotatable bonds is 8.